The van der Waals surface area contributed by atoms with E-state index in [0.29, 0.717) is 39.3 Å². The van der Waals surface area contributed by atoms with Crippen molar-refractivity contribution in [1.82, 2.24) is 19.6 Å². The summed E-state index contributed by atoms with van der Waals surface area (Å²) in [5.41, 5.74) is 0. The molecule has 3 aliphatic rings. The van der Waals surface area contributed by atoms with Crippen LogP contribution in [-0.2, 0) is 19.2 Å². The summed E-state index contributed by atoms with van der Waals surface area (Å²) < 4.78 is 0. The van der Waals surface area contributed by atoms with Crippen molar-refractivity contribution in [3.05, 3.63) is 0 Å². The highest BCUT2D eigenvalue weighted by Crippen LogP contribution is 2.25. The predicted molar refractivity (Wildman–Crippen MR) is 108 cm³/mol. The normalized spacial score (nSPS) is 26.1. The zero-order valence-electron chi connectivity index (χ0n) is 18.1. The molecule has 3 rings (SSSR count). The second kappa shape index (κ2) is 8.71. The molecule has 8 heteroatoms. The van der Waals surface area contributed by atoms with Gasteiger partial charge in [-0.15, -0.1) is 0 Å². The molecule has 0 bridgehead atoms. The topological polar surface area (TPSA) is 81.2 Å². The largest absolute Gasteiger partial charge is 0.341 e. The Morgan fingerprint density at radius 2 is 1.10 bits per heavy atom. The minimum Gasteiger partial charge on any atom is -0.341 e. The van der Waals surface area contributed by atoms with E-state index in [-0.39, 0.29) is 60.4 Å². The number of likely N-dealkylation sites (tertiary alicyclic amines) is 2. The molecule has 0 aliphatic carbocycles. The molecule has 0 aromatic heterocycles. The molecule has 0 spiro atoms. The van der Waals surface area contributed by atoms with Crippen LogP contribution >= 0.6 is 0 Å². The molecule has 2 atom stereocenters. The molecule has 8 nitrogen and oxygen atoms in total. The third-order valence-electron chi connectivity index (χ3n) is 6.38. The van der Waals surface area contributed by atoms with Crippen molar-refractivity contribution >= 4 is 23.6 Å². The summed E-state index contributed by atoms with van der Waals surface area (Å²) in [6.45, 7) is 11.0. The third-order valence-corrected chi connectivity index (χ3v) is 6.38. The summed E-state index contributed by atoms with van der Waals surface area (Å²) >= 11 is 0. The Bertz CT molecular complexity index is 622. The lowest BCUT2D eigenvalue weighted by molar-refractivity contribution is -0.137. The Hall–Kier alpha value is -2.12. The van der Waals surface area contributed by atoms with E-state index in [1.165, 1.54) is 0 Å². The summed E-state index contributed by atoms with van der Waals surface area (Å²) in [5.74, 6) is -0.412. The Kier molecular flexibility index (Phi) is 6.49. The zero-order valence-corrected chi connectivity index (χ0v) is 18.1. The fraction of sp³-hybridized carbons (Fsp3) is 0.810. The van der Waals surface area contributed by atoms with E-state index in [1.807, 2.05) is 37.5 Å². The van der Waals surface area contributed by atoms with Gasteiger partial charge in [-0.3, -0.25) is 19.2 Å². The standard InChI is InChI=1S/C21H34N4O4/c1-14(2)24-12-16(10-18(24)26)20(28)22-6-5-7-23(9-8-22)21(29)17-11-19(27)25(13-17)15(3)4/h14-17H,5-13H2,1-4H3. The minimum absolute atomic E-state index is 0.0258. The molecule has 29 heavy (non-hydrogen) atoms. The van der Waals surface area contributed by atoms with Gasteiger partial charge in [0, 0.05) is 64.2 Å². The van der Waals surface area contributed by atoms with E-state index in [2.05, 4.69) is 0 Å². The highest BCUT2D eigenvalue weighted by Gasteiger charge is 2.40. The first-order valence-electron chi connectivity index (χ1n) is 10.9. The Balaban J connectivity index is 1.55. The van der Waals surface area contributed by atoms with Crippen molar-refractivity contribution in [2.24, 2.45) is 11.8 Å². The first-order chi connectivity index (χ1) is 13.7. The molecule has 162 valence electrons. The second-order valence-corrected chi connectivity index (χ2v) is 9.09. The van der Waals surface area contributed by atoms with Crippen LogP contribution in [0.1, 0.15) is 47.0 Å². The monoisotopic (exact) mass is 406 g/mol. The average molecular weight is 407 g/mol. The maximum atomic E-state index is 13.0. The van der Waals surface area contributed by atoms with Gasteiger partial charge in [0.2, 0.25) is 23.6 Å². The molecule has 0 aromatic carbocycles. The van der Waals surface area contributed by atoms with Crippen molar-refractivity contribution in [1.29, 1.82) is 0 Å². The SMILES string of the molecule is CC(C)N1CC(C(=O)N2CCCN(C(=O)C3CC(=O)N(C(C)C)C3)CC2)CC1=O. The lowest BCUT2D eigenvalue weighted by atomic mass is 10.1. The van der Waals surface area contributed by atoms with Gasteiger partial charge < -0.3 is 19.6 Å². The number of hydrogen-bond donors (Lipinski definition) is 0. The molecule has 0 N–H and O–H groups in total. The van der Waals surface area contributed by atoms with Crippen LogP contribution in [0, 0.1) is 11.8 Å². The molecular weight excluding hydrogens is 372 g/mol. The fourth-order valence-corrected chi connectivity index (χ4v) is 4.67. The van der Waals surface area contributed by atoms with Gasteiger partial charge in [-0.1, -0.05) is 0 Å². The molecule has 3 heterocycles. The molecule has 0 aromatic rings. The number of nitrogens with zero attached hydrogens (tertiary/aromatic N) is 4. The van der Waals surface area contributed by atoms with Gasteiger partial charge in [-0.05, 0) is 34.1 Å². The highest BCUT2D eigenvalue weighted by atomic mass is 16.2. The van der Waals surface area contributed by atoms with Crippen LogP contribution in [-0.4, -0.2) is 94.6 Å². The fourth-order valence-electron chi connectivity index (χ4n) is 4.67. The summed E-state index contributed by atoms with van der Waals surface area (Å²) in [6, 6.07) is 0.217. The molecule has 0 saturated carbocycles. The van der Waals surface area contributed by atoms with Crippen LogP contribution < -0.4 is 0 Å². The number of hydrogen-bond acceptors (Lipinski definition) is 4. The van der Waals surface area contributed by atoms with Gasteiger partial charge in [0.25, 0.3) is 0 Å². The lowest BCUT2D eigenvalue weighted by Crippen LogP contribution is -2.42. The van der Waals surface area contributed by atoms with Crippen molar-refractivity contribution < 1.29 is 19.2 Å². The number of rotatable bonds is 4. The molecule has 4 amide bonds. The van der Waals surface area contributed by atoms with E-state index in [1.54, 1.807) is 9.80 Å². The van der Waals surface area contributed by atoms with Crippen molar-refractivity contribution in [3.63, 3.8) is 0 Å². The maximum Gasteiger partial charge on any atom is 0.228 e. The van der Waals surface area contributed by atoms with Crippen molar-refractivity contribution in [3.8, 4) is 0 Å². The molecule has 3 fully saturated rings. The molecule has 3 aliphatic heterocycles. The maximum absolute atomic E-state index is 13.0. The molecule has 3 saturated heterocycles. The third kappa shape index (κ3) is 4.56. The Morgan fingerprint density at radius 3 is 1.41 bits per heavy atom. The lowest BCUT2D eigenvalue weighted by Gasteiger charge is -2.26. The van der Waals surface area contributed by atoms with E-state index < -0.39 is 0 Å². The molecule has 2 unspecified atom stereocenters. The Labute approximate surface area is 173 Å². The number of carbonyl (C=O) groups is 4. The van der Waals surface area contributed by atoms with Gasteiger partial charge >= 0.3 is 0 Å². The van der Waals surface area contributed by atoms with Gasteiger partial charge in [0.1, 0.15) is 0 Å². The Morgan fingerprint density at radius 1 is 0.724 bits per heavy atom. The van der Waals surface area contributed by atoms with Crippen LogP contribution in [0.25, 0.3) is 0 Å². The highest BCUT2D eigenvalue weighted by molar-refractivity contribution is 5.90. The minimum atomic E-state index is -0.279. The summed E-state index contributed by atoms with van der Waals surface area (Å²) in [7, 11) is 0. The summed E-state index contributed by atoms with van der Waals surface area (Å²) in [4.78, 5) is 57.4. The van der Waals surface area contributed by atoms with Gasteiger partial charge in [0.05, 0.1) is 11.8 Å². The number of carbonyl (C=O) groups excluding carboxylic acids is 4. The average Bonchev–Trinajstić information content (AvgIpc) is 3.15. The van der Waals surface area contributed by atoms with Gasteiger partial charge in [-0.2, -0.15) is 0 Å². The van der Waals surface area contributed by atoms with Crippen LogP contribution in [0.5, 0.6) is 0 Å². The first kappa shape index (κ1) is 21.6. The number of amides is 4. The smallest absolute Gasteiger partial charge is 0.228 e. The first-order valence-corrected chi connectivity index (χ1v) is 10.9. The molecule has 0 radical (unpaired) electrons. The summed E-state index contributed by atoms with van der Waals surface area (Å²) in [6.07, 6.45) is 1.29. The quantitative estimate of drug-likeness (QED) is 0.683. The zero-order chi connectivity index (χ0) is 21.3. The van der Waals surface area contributed by atoms with E-state index >= 15 is 0 Å². The van der Waals surface area contributed by atoms with Crippen LogP contribution in [0.3, 0.4) is 0 Å². The van der Waals surface area contributed by atoms with Crippen LogP contribution in [0.4, 0.5) is 0 Å². The summed E-state index contributed by atoms with van der Waals surface area (Å²) in [5, 5.41) is 0. The van der Waals surface area contributed by atoms with E-state index in [0.717, 1.165) is 6.42 Å². The second-order valence-electron chi connectivity index (χ2n) is 9.09. The van der Waals surface area contributed by atoms with Gasteiger partial charge in [-0.25, -0.2) is 0 Å². The van der Waals surface area contributed by atoms with Gasteiger partial charge in [0.15, 0.2) is 0 Å². The van der Waals surface area contributed by atoms with Crippen LogP contribution in [0.2, 0.25) is 0 Å². The molecular formula is C21H34N4O4. The van der Waals surface area contributed by atoms with E-state index in [4.69, 9.17) is 0 Å². The van der Waals surface area contributed by atoms with E-state index in [9.17, 15) is 19.2 Å². The predicted octanol–water partition coefficient (Wildman–Crippen LogP) is 0.561. The van der Waals surface area contributed by atoms with Crippen molar-refractivity contribution in [2.45, 2.75) is 59.0 Å². The van der Waals surface area contributed by atoms with Crippen LogP contribution in [0.15, 0.2) is 0 Å². The van der Waals surface area contributed by atoms with Crippen molar-refractivity contribution in [2.75, 3.05) is 39.3 Å².